The first kappa shape index (κ1) is 8.93. The molecule has 0 aliphatic carbocycles. The maximum atomic E-state index is 10.5. The van der Waals surface area contributed by atoms with Crippen molar-refractivity contribution in [3.63, 3.8) is 0 Å². The van der Waals surface area contributed by atoms with Crippen LogP contribution in [-0.4, -0.2) is 18.8 Å². The summed E-state index contributed by atoms with van der Waals surface area (Å²) in [6.45, 7) is 2.15. The van der Waals surface area contributed by atoms with Gasteiger partial charge in [0.15, 0.2) is 6.34 Å². The molecule has 66 valence electrons. The first-order chi connectivity index (χ1) is 5.68. The molecule has 4 nitrogen and oxygen atoms in total. The van der Waals surface area contributed by atoms with Crippen LogP contribution in [-0.2, 0) is 4.79 Å². The van der Waals surface area contributed by atoms with Crippen LogP contribution < -0.4 is 10.2 Å². The Labute approximate surface area is 72.0 Å². The van der Waals surface area contributed by atoms with Gasteiger partial charge in [-0.1, -0.05) is 0 Å². The molecule has 1 heterocycles. The lowest BCUT2D eigenvalue weighted by Crippen LogP contribution is -2.99. The lowest BCUT2D eigenvalue weighted by atomic mass is 10.3. The summed E-state index contributed by atoms with van der Waals surface area (Å²) in [5.41, 5.74) is 0.980. The van der Waals surface area contributed by atoms with Crippen LogP contribution in [0, 0.1) is 7.05 Å². The number of nitrogens with one attached hydrogen (secondary N) is 2. The Kier molecular flexibility index (Phi) is 2.99. The van der Waals surface area contributed by atoms with Gasteiger partial charge in [0.2, 0.25) is 5.91 Å². The second-order valence-corrected chi connectivity index (χ2v) is 2.70. The second-order valence-electron chi connectivity index (χ2n) is 2.70. The molecular formula is C8H13N3O. The summed E-state index contributed by atoms with van der Waals surface area (Å²) in [5, 5.41) is 2.70. The fraction of sp³-hybridized carbons (Fsp3) is 0.375. The number of hydrogen-bond acceptors (Lipinski definition) is 2. The quantitative estimate of drug-likeness (QED) is 0.524. The molecule has 1 amide bonds. The Hall–Kier alpha value is -1.16. The molecular weight excluding hydrogens is 154 g/mol. The van der Waals surface area contributed by atoms with E-state index in [9.17, 15) is 4.79 Å². The van der Waals surface area contributed by atoms with E-state index in [-0.39, 0.29) is 5.91 Å². The van der Waals surface area contributed by atoms with E-state index in [4.69, 9.17) is 0 Å². The first-order valence-electron chi connectivity index (χ1n) is 3.86. The summed E-state index contributed by atoms with van der Waals surface area (Å²) in [6.07, 6.45) is 4.42. The number of carbonyl (C=O) groups is 1. The highest BCUT2D eigenvalue weighted by molar-refractivity contribution is 5.72. The monoisotopic (exact) mass is 167 g/mol. The van der Waals surface area contributed by atoms with Gasteiger partial charge in [-0.2, -0.15) is 0 Å². The minimum atomic E-state index is -0.00333. The standard InChI is InChI=1S/C8H13N3O/c1-7(12)9-4-3-8-5-11(2)6-10-8/h5-6,11H,2-4H2,1H3,(H,9,12). The van der Waals surface area contributed by atoms with Crippen LogP contribution in [0.5, 0.6) is 0 Å². The molecule has 1 atom stereocenters. The van der Waals surface area contributed by atoms with E-state index < -0.39 is 0 Å². The van der Waals surface area contributed by atoms with Crippen molar-refractivity contribution in [3.05, 3.63) is 18.9 Å². The van der Waals surface area contributed by atoms with Crippen molar-refractivity contribution in [1.82, 2.24) is 5.32 Å². The van der Waals surface area contributed by atoms with Gasteiger partial charge in [-0.15, -0.1) is 7.05 Å². The van der Waals surface area contributed by atoms with E-state index in [2.05, 4.69) is 17.4 Å². The highest BCUT2D eigenvalue weighted by Gasteiger charge is 2.04. The summed E-state index contributed by atoms with van der Waals surface area (Å²) in [5.74, 6) is -0.00333. The maximum absolute atomic E-state index is 10.5. The van der Waals surface area contributed by atoms with Crippen molar-refractivity contribution < 1.29 is 9.69 Å². The van der Waals surface area contributed by atoms with Crippen molar-refractivity contribution in [2.45, 2.75) is 13.3 Å². The minimum Gasteiger partial charge on any atom is -0.397 e. The van der Waals surface area contributed by atoms with Crippen molar-refractivity contribution in [3.8, 4) is 0 Å². The van der Waals surface area contributed by atoms with Gasteiger partial charge in [0.05, 0.1) is 11.9 Å². The lowest BCUT2D eigenvalue weighted by molar-refractivity contribution is -0.679. The zero-order valence-corrected chi connectivity index (χ0v) is 7.13. The van der Waals surface area contributed by atoms with Crippen LogP contribution in [0.25, 0.3) is 0 Å². The van der Waals surface area contributed by atoms with Crippen LogP contribution in [0.15, 0.2) is 16.9 Å². The number of carbonyl (C=O) groups excluding carboxylic acids is 1. The average molecular weight is 167 g/mol. The Morgan fingerprint density at radius 3 is 3.08 bits per heavy atom. The Balaban J connectivity index is 2.21. The van der Waals surface area contributed by atoms with Crippen LogP contribution >= 0.6 is 0 Å². The summed E-state index contributed by atoms with van der Waals surface area (Å²) in [7, 11) is 3.73. The van der Waals surface area contributed by atoms with Gasteiger partial charge in [-0.25, -0.2) is 4.99 Å². The predicted octanol–water partition coefficient (Wildman–Crippen LogP) is -0.928. The Morgan fingerprint density at radius 2 is 2.58 bits per heavy atom. The fourth-order valence-electron chi connectivity index (χ4n) is 0.958. The normalized spacial score (nSPS) is 20.8. The van der Waals surface area contributed by atoms with E-state index in [0.29, 0.717) is 6.54 Å². The molecule has 0 fully saturated rings. The topological polar surface area (TPSA) is 45.9 Å². The number of aliphatic imine (C=N–C) groups is 1. The third-order valence-electron chi connectivity index (χ3n) is 1.50. The summed E-state index contributed by atoms with van der Waals surface area (Å²) < 4.78 is 0. The molecule has 0 saturated carbocycles. The molecule has 0 aromatic heterocycles. The third-order valence-corrected chi connectivity index (χ3v) is 1.50. The van der Waals surface area contributed by atoms with Crippen molar-refractivity contribution in [1.29, 1.82) is 0 Å². The van der Waals surface area contributed by atoms with Crippen LogP contribution in [0.4, 0.5) is 0 Å². The molecule has 0 bridgehead atoms. The fourth-order valence-corrected chi connectivity index (χ4v) is 0.958. The van der Waals surface area contributed by atoms with E-state index in [0.717, 1.165) is 17.0 Å². The molecule has 2 N–H and O–H groups in total. The molecule has 1 rings (SSSR count). The number of nitrogens with zero attached hydrogens (tertiary/aromatic N) is 1. The smallest absolute Gasteiger partial charge is 0.216 e. The van der Waals surface area contributed by atoms with Gasteiger partial charge in [0.25, 0.3) is 0 Å². The molecule has 1 unspecified atom stereocenters. The van der Waals surface area contributed by atoms with Crippen LogP contribution in [0.3, 0.4) is 0 Å². The highest BCUT2D eigenvalue weighted by atomic mass is 16.1. The SMILES string of the molecule is [CH2-][NH+]1C=NC(CCNC(C)=O)=C1. The number of amides is 1. The van der Waals surface area contributed by atoms with E-state index in [1.165, 1.54) is 6.92 Å². The van der Waals surface area contributed by atoms with E-state index in [1.54, 1.807) is 6.34 Å². The molecule has 0 radical (unpaired) electrons. The zero-order valence-electron chi connectivity index (χ0n) is 7.13. The van der Waals surface area contributed by atoms with Gasteiger partial charge >= 0.3 is 0 Å². The Morgan fingerprint density at radius 1 is 1.83 bits per heavy atom. The number of quaternary nitrogens is 1. The molecule has 0 aromatic rings. The minimum absolute atomic E-state index is 0.00333. The number of hydrogen-bond donors (Lipinski definition) is 2. The summed E-state index contributed by atoms with van der Waals surface area (Å²) >= 11 is 0. The molecule has 1 aliphatic rings. The molecule has 4 heteroatoms. The molecule has 12 heavy (non-hydrogen) atoms. The largest absolute Gasteiger partial charge is 0.397 e. The van der Waals surface area contributed by atoms with Gasteiger partial charge < -0.3 is 10.2 Å². The number of rotatable bonds is 3. The molecule has 1 aliphatic heterocycles. The van der Waals surface area contributed by atoms with Gasteiger partial charge in [0, 0.05) is 19.9 Å². The van der Waals surface area contributed by atoms with Crippen molar-refractivity contribution >= 4 is 12.2 Å². The average Bonchev–Trinajstić information content (AvgIpc) is 2.35. The van der Waals surface area contributed by atoms with Gasteiger partial charge in [-0.3, -0.25) is 4.79 Å². The van der Waals surface area contributed by atoms with Crippen molar-refractivity contribution in [2.24, 2.45) is 4.99 Å². The summed E-state index contributed by atoms with van der Waals surface area (Å²) in [4.78, 5) is 15.5. The predicted molar refractivity (Wildman–Crippen MR) is 46.2 cm³/mol. The van der Waals surface area contributed by atoms with Crippen molar-refractivity contribution in [2.75, 3.05) is 6.54 Å². The van der Waals surface area contributed by atoms with Gasteiger partial charge in [0.1, 0.15) is 0 Å². The van der Waals surface area contributed by atoms with Crippen LogP contribution in [0.1, 0.15) is 13.3 Å². The Bertz CT molecular complexity index is 232. The molecule has 0 saturated heterocycles. The maximum Gasteiger partial charge on any atom is 0.216 e. The highest BCUT2D eigenvalue weighted by Crippen LogP contribution is 2.00. The van der Waals surface area contributed by atoms with E-state index >= 15 is 0 Å². The molecule has 0 aromatic carbocycles. The lowest BCUT2D eigenvalue weighted by Gasteiger charge is -2.01. The summed E-state index contributed by atoms with van der Waals surface area (Å²) in [6, 6.07) is 0. The first-order valence-corrected chi connectivity index (χ1v) is 3.86. The molecule has 0 spiro atoms. The third kappa shape index (κ3) is 2.84. The zero-order chi connectivity index (χ0) is 8.97. The van der Waals surface area contributed by atoms with Crippen LogP contribution in [0.2, 0.25) is 0 Å². The van der Waals surface area contributed by atoms with E-state index in [1.807, 2.05) is 6.20 Å². The second kappa shape index (κ2) is 4.01. The van der Waals surface area contributed by atoms with Gasteiger partial charge in [-0.05, 0) is 0 Å².